The van der Waals surface area contributed by atoms with Crippen molar-refractivity contribution in [2.75, 3.05) is 6.61 Å². The highest BCUT2D eigenvalue weighted by molar-refractivity contribution is 5.75. The third-order valence-corrected chi connectivity index (χ3v) is 4.23. The molecule has 0 bridgehead atoms. The molecule has 6 atom stereocenters. The number of hydrogen-bond acceptors (Lipinski definition) is 9. The summed E-state index contributed by atoms with van der Waals surface area (Å²) in [5.41, 5.74) is 4.14. The largest absolute Gasteiger partial charge is 0.462 e. The van der Waals surface area contributed by atoms with Crippen LogP contribution in [-0.2, 0) is 14.3 Å². The maximum atomic E-state index is 11.9. The molecule has 11 heteroatoms. The van der Waals surface area contributed by atoms with Gasteiger partial charge in [-0.15, -0.1) is 0 Å². The van der Waals surface area contributed by atoms with Gasteiger partial charge >= 0.3 is 11.7 Å². The van der Waals surface area contributed by atoms with Crippen LogP contribution in [0.25, 0.3) is 0 Å². The minimum Gasteiger partial charge on any atom is -0.462 e. The number of aromatic nitrogens is 3. The molecular formula is C14H22N4O7. The van der Waals surface area contributed by atoms with Crippen LogP contribution in [0.3, 0.4) is 0 Å². The third-order valence-electron chi connectivity index (χ3n) is 4.23. The molecule has 0 spiro atoms. The maximum absolute atomic E-state index is 11.9. The van der Waals surface area contributed by atoms with Crippen LogP contribution >= 0.6 is 0 Å². The first-order valence-corrected chi connectivity index (χ1v) is 7.88. The highest BCUT2D eigenvalue weighted by Crippen LogP contribution is 2.28. The quantitative estimate of drug-likeness (QED) is 0.400. The lowest BCUT2D eigenvalue weighted by atomic mass is 10.0. The summed E-state index contributed by atoms with van der Waals surface area (Å²) in [6, 6.07) is -0.812. The van der Waals surface area contributed by atoms with Gasteiger partial charge in [0.25, 0.3) is 5.56 Å². The van der Waals surface area contributed by atoms with Crippen LogP contribution in [0.4, 0.5) is 0 Å². The molecule has 11 nitrogen and oxygen atoms in total. The number of esters is 1. The van der Waals surface area contributed by atoms with E-state index in [4.69, 9.17) is 15.2 Å². The zero-order chi connectivity index (χ0) is 18.7. The predicted molar refractivity (Wildman–Crippen MR) is 83.4 cm³/mol. The van der Waals surface area contributed by atoms with Gasteiger partial charge in [0, 0.05) is 0 Å². The lowest BCUT2D eigenvalue weighted by molar-refractivity contribution is -0.153. The Morgan fingerprint density at radius 2 is 2.16 bits per heavy atom. The Balaban J connectivity index is 2.03. The molecule has 0 radical (unpaired) electrons. The average Bonchev–Trinajstić information content (AvgIpc) is 2.86. The molecule has 2 rings (SSSR count). The molecule has 1 fully saturated rings. The minimum atomic E-state index is -1.50. The summed E-state index contributed by atoms with van der Waals surface area (Å²) in [6.45, 7) is 3.34. The first kappa shape index (κ1) is 19.2. The van der Waals surface area contributed by atoms with E-state index in [1.807, 2.05) is 11.9 Å². The average molecular weight is 358 g/mol. The van der Waals surface area contributed by atoms with E-state index in [-0.39, 0.29) is 12.5 Å². The molecule has 0 saturated carbocycles. The normalized spacial score (nSPS) is 28.5. The van der Waals surface area contributed by atoms with E-state index in [9.17, 15) is 24.6 Å². The fourth-order valence-corrected chi connectivity index (χ4v) is 2.36. The van der Waals surface area contributed by atoms with Gasteiger partial charge in [0.05, 0.1) is 0 Å². The maximum Gasteiger partial charge on any atom is 0.347 e. The van der Waals surface area contributed by atoms with Crippen LogP contribution in [-0.4, -0.2) is 61.9 Å². The minimum absolute atomic E-state index is 0.0795. The van der Waals surface area contributed by atoms with Gasteiger partial charge in [0.2, 0.25) is 0 Å². The Bertz CT molecular complexity index is 718. The number of nitrogens with zero attached hydrogens (tertiary/aromatic N) is 2. The fraction of sp³-hybridized carbons (Fsp3) is 0.714. The molecule has 1 saturated heterocycles. The number of aliphatic hydroxyl groups excluding tert-OH is 2. The second-order valence-corrected chi connectivity index (χ2v) is 5.97. The van der Waals surface area contributed by atoms with E-state index >= 15 is 0 Å². The van der Waals surface area contributed by atoms with Crippen molar-refractivity contribution < 1.29 is 24.5 Å². The number of aromatic amines is 1. The molecule has 5 N–H and O–H groups in total. The molecular weight excluding hydrogens is 336 g/mol. The molecule has 2 heterocycles. The van der Waals surface area contributed by atoms with Crippen molar-refractivity contribution in [2.24, 2.45) is 11.7 Å². The van der Waals surface area contributed by atoms with Gasteiger partial charge in [-0.3, -0.25) is 14.6 Å². The molecule has 1 aliphatic rings. The van der Waals surface area contributed by atoms with Crippen molar-refractivity contribution in [2.45, 2.75) is 50.8 Å². The van der Waals surface area contributed by atoms with Crippen molar-refractivity contribution >= 4 is 5.97 Å². The molecule has 0 unspecified atom stereocenters. The fourth-order valence-electron chi connectivity index (χ4n) is 2.36. The number of nitrogens with one attached hydrogen (secondary N) is 1. The van der Waals surface area contributed by atoms with Crippen LogP contribution in [0.2, 0.25) is 0 Å². The van der Waals surface area contributed by atoms with Crippen molar-refractivity contribution in [3.8, 4) is 0 Å². The lowest BCUT2D eigenvalue weighted by Crippen LogP contribution is -2.41. The summed E-state index contributed by atoms with van der Waals surface area (Å²) in [7, 11) is 0. The SMILES string of the molecule is CC[C@@H](C)[C@@H](N)C(=O)OC[C@H]1O[C@@H](n2ncc(=O)[nH]c2=O)[C@H](O)[C@@H]1O. The predicted octanol–water partition coefficient (Wildman–Crippen LogP) is -2.53. The summed E-state index contributed by atoms with van der Waals surface area (Å²) in [4.78, 5) is 36.6. The van der Waals surface area contributed by atoms with E-state index in [0.29, 0.717) is 11.1 Å². The van der Waals surface area contributed by atoms with Gasteiger partial charge in [-0.2, -0.15) is 9.78 Å². The Morgan fingerprint density at radius 3 is 2.76 bits per heavy atom. The molecule has 140 valence electrons. The van der Waals surface area contributed by atoms with E-state index < -0.39 is 47.8 Å². The molecule has 0 aliphatic carbocycles. The van der Waals surface area contributed by atoms with Crippen molar-refractivity contribution in [3.05, 3.63) is 27.0 Å². The number of carbonyl (C=O) groups is 1. The number of nitrogens with two attached hydrogens (primary N) is 1. The standard InChI is InChI=1S/C14H22N4O7/c1-3-6(2)9(15)13(22)24-5-7-10(20)11(21)12(25-7)18-14(23)17-8(19)4-16-18/h4,6-7,9-12,20-21H,3,5,15H2,1-2H3,(H,17,19,23)/t6-,7-,9-,10-,11-,12-/m1/s1. The highest BCUT2D eigenvalue weighted by atomic mass is 16.6. The van der Waals surface area contributed by atoms with Gasteiger partial charge in [0.15, 0.2) is 6.23 Å². The first-order valence-electron chi connectivity index (χ1n) is 7.88. The number of H-pyrrole nitrogens is 1. The van der Waals surface area contributed by atoms with E-state index in [2.05, 4.69) is 5.10 Å². The number of rotatable bonds is 6. The Morgan fingerprint density at radius 1 is 1.48 bits per heavy atom. The Labute approximate surface area is 142 Å². The van der Waals surface area contributed by atoms with Crippen LogP contribution in [0.15, 0.2) is 15.8 Å². The van der Waals surface area contributed by atoms with Crippen LogP contribution in [0, 0.1) is 5.92 Å². The summed E-state index contributed by atoms with van der Waals surface area (Å²) >= 11 is 0. The zero-order valence-corrected chi connectivity index (χ0v) is 13.9. The summed E-state index contributed by atoms with van der Waals surface area (Å²) < 4.78 is 11.1. The van der Waals surface area contributed by atoms with Gasteiger partial charge in [-0.05, 0) is 5.92 Å². The molecule has 0 amide bonds. The molecule has 0 aromatic carbocycles. The van der Waals surface area contributed by atoms with Crippen LogP contribution in [0.5, 0.6) is 0 Å². The van der Waals surface area contributed by atoms with Crippen molar-refractivity contribution in [1.82, 2.24) is 14.8 Å². The summed E-state index contributed by atoms with van der Waals surface area (Å²) in [6.07, 6.45) is -3.79. The second kappa shape index (κ2) is 7.87. The third kappa shape index (κ3) is 4.12. The molecule has 1 aromatic rings. The molecule has 1 aromatic heterocycles. The smallest absolute Gasteiger partial charge is 0.347 e. The van der Waals surface area contributed by atoms with Crippen molar-refractivity contribution in [1.29, 1.82) is 0 Å². The first-order chi connectivity index (χ1) is 11.8. The van der Waals surface area contributed by atoms with Crippen LogP contribution < -0.4 is 17.0 Å². The van der Waals surface area contributed by atoms with Crippen molar-refractivity contribution in [3.63, 3.8) is 0 Å². The van der Waals surface area contributed by atoms with Crippen LogP contribution in [0.1, 0.15) is 26.5 Å². The van der Waals surface area contributed by atoms with Gasteiger partial charge in [-0.1, -0.05) is 20.3 Å². The monoisotopic (exact) mass is 358 g/mol. The summed E-state index contributed by atoms with van der Waals surface area (Å²) in [5.74, 6) is -0.730. The van der Waals surface area contributed by atoms with E-state index in [1.165, 1.54) is 0 Å². The van der Waals surface area contributed by atoms with E-state index in [0.717, 1.165) is 6.20 Å². The highest BCUT2D eigenvalue weighted by Gasteiger charge is 2.45. The van der Waals surface area contributed by atoms with Gasteiger partial charge in [-0.25, -0.2) is 4.79 Å². The molecule has 1 aliphatic heterocycles. The Kier molecular flexibility index (Phi) is 6.06. The zero-order valence-electron chi connectivity index (χ0n) is 13.9. The molecule has 25 heavy (non-hydrogen) atoms. The lowest BCUT2D eigenvalue weighted by Gasteiger charge is -2.19. The Hall–Kier alpha value is -2.08. The number of hydrogen-bond donors (Lipinski definition) is 4. The topological polar surface area (TPSA) is 170 Å². The summed E-state index contributed by atoms with van der Waals surface area (Å²) in [5, 5.41) is 23.6. The van der Waals surface area contributed by atoms with Gasteiger partial charge < -0.3 is 25.4 Å². The second-order valence-electron chi connectivity index (χ2n) is 5.97. The number of aliphatic hydroxyl groups is 2. The van der Waals surface area contributed by atoms with Gasteiger partial charge in [0.1, 0.15) is 37.2 Å². The number of carbonyl (C=O) groups excluding carboxylic acids is 1. The van der Waals surface area contributed by atoms with E-state index in [1.54, 1.807) is 6.92 Å². The number of ether oxygens (including phenoxy) is 2.